The molecule has 1 aliphatic rings. The van der Waals surface area contributed by atoms with Gasteiger partial charge in [0, 0.05) is 5.70 Å². The lowest BCUT2D eigenvalue weighted by atomic mass is 10.5. The van der Waals surface area contributed by atoms with Crippen molar-refractivity contribution in [3.05, 3.63) is 23.3 Å². The lowest BCUT2D eigenvalue weighted by molar-refractivity contribution is 0.937. The molecular formula is C9H14N2S. The van der Waals surface area contributed by atoms with E-state index in [1.165, 1.54) is 4.91 Å². The maximum Gasteiger partial charge on any atom is 0.0915 e. The Morgan fingerprint density at radius 2 is 2.58 bits per heavy atom. The van der Waals surface area contributed by atoms with Gasteiger partial charge in [0.2, 0.25) is 0 Å². The van der Waals surface area contributed by atoms with Gasteiger partial charge in [0.25, 0.3) is 0 Å². The molecule has 0 radical (unpaired) electrons. The van der Waals surface area contributed by atoms with E-state index in [-0.39, 0.29) is 0 Å². The standard InChI is InChI=1S/C9H14N2S/c1-7(2)11-6-9-10-5-4-8(3)12-9/h4,11H,1,5-6H2,2-3H3. The summed E-state index contributed by atoms with van der Waals surface area (Å²) in [5.74, 6) is 0. The van der Waals surface area contributed by atoms with Crippen LogP contribution in [0.1, 0.15) is 13.8 Å². The van der Waals surface area contributed by atoms with E-state index >= 15 is 0 Å². The summed E-state index contributed by atoms with van der Waals surface area (Å²) in [5, 5.41) is 4.31. The number of hydrogen-bond donors (Lipinski definition) is 1. The monoisotopic (exact) mass is 182 g/mol. The van der Waals surface area contributed by atoms with Crippen LogP contribution in [-0.2, 0) is 0 Å². The van der Waals surface area contributed by atoms with E-state index in [0.717, 1.165) is 23.8 Å². The summed E-state index contributed by atoms with van der Waals surface area (Å²) in [7, 11) is 0. The smallest absolute Gasteiger partial charge is 0.0915 e. The van der Waals surface area contributed by atoms with Crippen molar-refractivity contribution in [2.24, 2.45) is 4.99 Å². The fourth-order valence-corrected chi connectivity index (χ4v) is 1.67. The van der Waals surface area contributed by atoms with E-state index in [1.54, 1.807) is 11.8 Å². The highest BCUT2D eigenvalue weighted by Gasteiger charge is 2.04. The van der Waals surface area contributed by atoms with Gasteiger partial charge >= 0.3 is 0 Å². The summed E-state index contributed by atoms with van der Waals surface area (Å²) in [5.41, 5.74) is 0.991. The van der Waals surface area contributed by atoms with E-state index in [1.807, 2.05) is 6.92 Å². The van der Waals surface area contributed by atoms with E-state index < -0.39 is 0 Å². The average molecular weight is 182 g/mol. The zero-order valence-electron chi connectivity index (χ0n) is 7.55. The zero-order valence-corrected chi connectivity index (χ0v) is 8.37. The Kier molecular flexibility index (Phi) is 3.41. The van der Waals surface area contributed by atoms with Crippen LogP contribution in [0.25, 0.3) is 0 Å². The van der Waals surface area contributed by atoms with Gasteiger partial charge in [-0.05, 0) is 18.8 Å². The van der Waals surface area contributed by atoms with Crippen LogP contribution in [0.4, 0.5) is 0 Å². The molecule has 0 aromatic carbocycles. The van der Waals surface area contributed by atoms with Crippen LogP contribution in [0, 0.1) is 0 Å². The minimum absolute atomic E-state index is 0.811. The first-order chi connectivity index (χ1) is 5.68. The van der Waals surface area contributed by atoms with Crippen LogP contribution in [0.5, 0.6) is 0 Å². The van der Waals surface area contributed by atoms with Crippen molar-refractivity contribution in [3.63, 3.8) is 0 Å². The van der Waals surface area contributed by atoms with Crippen LogP contribution < -0.4 is 5.32 Å². The zero-order chi connectivity index (χ0) is 8.97. The molecule has 1 heterocycles. The van der Waals surface area contributed by atoms with Crippen molar-refractivity contribution >= 4 is 16.8 Å². The maximum absolute atomic E-state index is 4.35. The number of allylic oxidation sites excluding steroid dienone is 2. The first-order valence-electron chi connectivity index (χ1n) is 3.96. The largest absolute Gasteiger partial charge is 0.383 e. The number of aliphatic imine (C=N–C) groups is 1. The first kappa shape index (κ1) is 9.39. The Morgan fingerprint density at radius 3 is 3.17 bits per heavy atom. The highest BCUT2D eigenvalue weighted by atomic mass is 32.2. The lowest BCUT2D eigenvalue weighted by Crippen LogP contribution is -2.19. The van der Waals surface area contributed by atoms with Crippen LogP contribution in [0.3, 0.4) is 0 Å². The van der Waals surface area contributed by atoms with Crippen molar-refractivity contribution in [2.45, 2.75) is 13.8 Å². The molecular weight excluding hydrogens is 168 g/mol. The van der Waals surface area contributed by atoms with Crippen LogP contribution in [-0.4, -0.2) is 18.1 Å². The van der Waals surface area contributed by atoms with Gasteiger partial charge in [0.15, 0.2) is 0 Å². The summed E-state index contributed by atoms with van der Waals surface area (Å²) >= 11 is 1.74. The molecule has 0 aromatic heterocycles. The molecule has 2 nitrogen and oxygen atoms in total. The number of rotatable bonds is 3. The molecule has 0 bridgehead atoms. The number of nitrogens with zero attached hydrogens (tertiary/aromatic N) is 1. The van der Waals surface area contributed by atoms with Gasteiger partial charge in [-0.1, -0.05) is 24.4 Å². The first-order valence-corrected chi connectivity index (χ1v) is 4.77. The third kappa shape index (κ3) is 3.13. The molecule has 0 atom stereocenters. The molecule has 0 spiro atoms. The molecule has 0 saturated heterocycles. The van der Waals surface area contributed by atoms with Crippen molar-refractivity contribution in [1.82, 2.24) is 5.32 Å². The fraction of sp³-hybridized carbons (Fsp3) is 0.444. The molecule has 0 aliphatic carbocycles. The second-order valence-electron chi connectivity index (χ2n) is 2.79. The van der Waals surface area contributed by atoms with Crippen molar-refractivity contribution < 1.29 is 0 Å². The summed E-state index contributed by atoms with van der Waals surface area (Å²) < 4.78 is 0. The van der Waals surface area contributed by atoms with Crippen molar-refractivity contribution in [3.8, 4) is 0 Å². The molecule has 66 valence electrons. The molecule has 12 heavy (non-hydrogen) atoms. The Bertz CT molecular complexity index is 241. The predicted octanol–water partition coefficient (Wildman–Crippen LogP) is 2.16. The topological polar surface area (TPSA) is 24.4 Å². The van der Waals surface area contributed by atoms with Gasteiger partial charge in [0.1, 0.15) is 0 Å². The molecule has 1 aliphatic heterocycles. The summed E-state index contributed by atoms with van der Waals surface area (Å²) in [4.78, 5) is 5.69. The highest BCUT2D eigenvalue weighted by Crippen LogP contribution is 2.19. The van der Waals surface area contributed by atoms with Crippen molar-refractivity contribution in [1.29, 1.82) is 0 Å². The Morgan fingerprint density at radius 1 is 1.83 bits per heavy atom. The maximum atomic E-state index is 4.35. The van der Waals surface area contributed by atoms with Gasteiger partial charge in [-0.3, -0.25) is 4.99 Å². The van der Waals surface area contributed by atoms with Crippen molar-refractivity contribution in [2.75, 3.05) is 13.1 Å². The lowest BCUT2D eigenvalue weighted by Gasteiger charge is -2.11. The third-order valence-corrected chi connectivity index (χ3v) is 2.46. The summed E-state index contributed by atoms with van der Waals surface area (Å²) in [6.07, 6.45) is 2.13. The average Bonchev–Trinajstić information content (AvgIpc) is 2.01. The molecule has 3 heteroatoms. The van der Waals surface area contributed by atoms with Gasteiger partial charge in [-0.2, -0.15) is 0 Å². The Balaban J connectivity index is 2.34. The Hall–Kier alpha value is -0.700. The SMILES string of the molecule is C=C(C)NCC1=NCC=C(C)S1. The van der Waals surface area contributed by atoms with Crippen LogP contribution in [0.2, 0.25) is 0 Å². The fourth-order valence-electron chi connectivity index (χ4n) is 0.854. The highest BCUT2D eigenvalue weighted by molar-refractivity contribution is 8.17. The minimum Gasteiger partial charge on any atom is -0.383 e. The van der Waals surface area contributed by atoms with Gasteiger partial charge in [-0.25, -0.2) is 0 Å². The van der Waals surface area contributed by atoms with Crippen LogP contribution in [0.15, 0.2) is 28.2 Å². The van der Waals surface area contributed by atoms with Crippen LogP contribution >= 0.6 is 11.8 Å². The predicted molar refractivity (Wildman–Crippen MR) is 56.5 cm³/mol. The normalized spacial score (nSPS) is 16.5. The number of hydrogen-bond acceptors (Lipinski definition) is 3. The Labute approximate surface area is 77.8 Å². The molecule has 0 aromatic rings. The molecule has 0 fully saturated rings. The minimum atomic E-state index is 0.811. The molecule has 0 unspecified atom stereocenters. The quantitative estimate of drug-likeness (QED) is 0.723. The van der Waals surface area contributed by atoms with E-state index in [2.05, 4.69) is 29.9 Å². The van der Waals surface area contributed by atoms with E-state index in [0.29, 0.717) is 0 Å². The number of thioether (sulfide) groups is 1. The van der Waals surface area contributed by atoms with E-state index in [9.17, 15) is 0 Å². The van der Waals surface area contributed by atoms with Gasteiger partial charge < -0.3 is 5.32 Å². The molecule has 1 N–H and O–H groups in total. The molecule has 0 saturated carbocycles. The summed E-state index contributed by atoms with van der Waals surface area (Å²) in [6.45, 7) is 9.47. The summed E-state index contributed by atoms with van der Waals surface area (Å²) in [6, 6.07) is 0. The van der Waals surface area contributed by atoms with Gasteiger partial charge in [-0.15, -0.1) is 0 Å². The number of nitrogens with one attached hydrogen (secondary N) is 1. The second kappa shape index (κ2) is 4.36. The second-order valence-corrected chi connectivity index (χ2v) is 4.10. The van der Waals surface area contributed by atoms with E-state index in [4.69, 9.17) is 0 Å². The molecule has 1 rings (SSSR count). The van der Waals surface area contributed by atoms with Gasteiger partial charge in [0.05, 0.1) is 18.1 Å². The third-order valence-electron chi connectivity index (χ3n) is 1.47. The molecule has 0 amide bonds.